The number of rotatable bonds is 3. The molecule has 104 valence electrons. The van der Waals surface area contributed by atoms with Crippen molar-refractivity contribution in [3.8, 4) is 0 Å². The average Bonchev–Trinajstić information content (AvgIpc) is 2.38. The fourth-order valence-electron chi connectivity index (χ4n) is 1.98. The van der Waals surface area contributed by atoms with Gasteiger partial charge in [-0.25, -0.2) is 4.39 Å². The van der Waals surface area contributed by atoms with E-state index < -0.39 is 11.7 Å². The van der Waals surface area contributed by atoms with Gasteiger partial charge in [-0.2, -0.15) is 0 Å². The van der Waals surface area contributed by atoms with Crippen molar-refractivity contribution in [1.29, 1.82) is 0 Å². The van der Waals surface area contributed by atoms with Crippen LogP contribution in [0.25, 0.3) is 0 Å². The largest absolute Gasteiger partial charge is 0.322 e. The highest BCUT2D eigenvalue weighted by atomic mass is 35.5. The second-order valence-electron chi connectivity index (χ2n) is 4.82. The molecule has 0 radical (unpaired) electrons. The number of carbonyl (C=O) groups excluding carboxylic acids is 1. The summed E-state index contributed by atoms with van der Waals surface area (Å²) in [5, 5.41) is 3.01. The van der Waals surface area contributed by atoms with E-state index in [1.165, 1.54) is 12.1 Å². The van der Waals surface area contributed by atoms with Gasteiger partial charge in [-0.3, -0.25) is 4.79 Å². The van der Waals surface area contributed by atoms with Crippen molar-refractivity contribution in [2.45, 2.75) is 19.8 Å². The fraction of sp³-hybridized carbons (Fsp3) is 0.188. The SMILES string of the molecule is CC(C)c1ccccc1NC(=O)c1ccc(Cl)cc1F. The van der Waals surface area contributed by atoms with Gasteiger partial charge in [0.15, 0.2) is 0 Å². The summed E-state index contributed by atoms with van der Waals surface area (Å²) in [5.74, 6) is -0.842. The molecule has 0 aliphatic heterocycles. The molecule has 2 aromatic rings. The maximum atomic E-state index is 13.7. The maximum Gasteiger partial charge on any atom is 0.258 e. The highest BCUT2D eigenvalue weighted by molar-refractivity contribution is 6.30. The van der Waals surface area contributed by atoms with Gasteiger partial charge in [0.2, 0.25) is 0 Å². The predicted octanol–water partition coefficient (Wildman–Crippen LogP) is 4.85. The molecule has 2 nitrogen and oxygen atoms in total. The van der Waals surface area contributed by atoms with Gasteiger partial charge in [0, 0.05) is 10.7 Å². The van der Waals surface area contributed by atoms with Gasteiger partial charge >= 0.3 is 0 Å². The number of nitrogens with one attached hydrogen (secondary N) is 1. The van der Waals surface area contributed by atoms with Crippen LogP contribution in [-0.4, -0.2) is 5.91 Å². The second-order valence-corrected chi connectivity index (χ2v) is 5.26. The van der Waals surface area contributed by atoms with Crippen LogP contribution in [0.5, 0.6) is 0 Å². The minimum atomic E-state index is -0.628. The van der Waals surface area contributed by atoms with Crippen molar-refractivity contribution in [3.63, 3.8) is 0 Å². The molecule has 0 spiro atoms. The Morgan fingerprint density at radius 2 is 1.90 bits per heavy atom. The molecule has 2 aromatic carbocycles. The quantitative estimate of drug-likeness (QED) is 0.860. The van der Waals surface area contributed by atoms with E-state index in [0.717, 1.165) is 11.6 Å². The van der Waals surface area contributed by atoms with Gasteiger partial charge in [-0.1, -0.05) is 43.6 Å². The molecule has 1 amide bonds. The molecule has 0 aliphatic carbocycles. The van der Waals surface area contributed by atoms with Gasteiger partial charge in [-0.15, -0.1) is 0 Å². The zero-order valence-electron chi connectivity index (χ0n) is 11.3. The summed E-state index contributed by atoms with van der Waals surface area (Å²) in [7, 11) is 0. The summed E-state index contributed by atoms with van der Waals surface area (Å²) < 4.78 is 13.7. The molecule has 20 heavy (non-hydrogen) atoms. The maximum absolute atomic E-state index is 13.7. The number of benzene rings is 2. The van der Waals surface area contributed by atoms with E-state index in [-0.39, 0.29) is 16.5 Å². The smallest absolute Gasteiger partial charge is 0.258 e. The molecule has 0 fully saturated rings. The number of halogens is 2. The summed E-state index contributed by atoms with van der Waals surface area (Å²) in [6.07, 6.45) is 0. The van der Waals surface area contributed by atoms with Crippen LogP contribution in [0.4, 0.5) is 10.1 Å². The van der Waals surface area contributed by atoms with Crippen LogP contribution in [0.3, 0.4) is 0 Å². The van der Waals surface area contributed by atoms with Crippen molar-refractivity contribution in [2.24, 2.45) is 0 Å². The lowest BCUT2D eigenvalue weighted by Crippen LogP contribution is -2.15. The third kappa shape index (κ3) is 3.17. The molecule has 0 aliphatic rings. The molecule has 0 unspecified atom stereocenters. The number of para-hydroxylation sites is 1. The van der Waals surface area contributed by atoms with Crippen LogP contribution in [0.2, 0.25) is 5.02 Å². The van der Waals surface area contributed by atoms with Crippen LogP contribution in [0, 0.1) is 5.82 Å². The number of hydrogen-bond acceptors (Lipinski definition) is 1. The normalized spacial score (nSPS) is 10.7. The molecular weight excluding hydrogens is 277 g/mol. The van der Waals surface area contributed by atoms with Gasteiger partial charge < -0.3 is 5.32 Å². The first-order chi connectivity index (χ1) is 9.49. The van der Waals surface area contributed by atoms with E-state index in [2.05, 4.69) is 5.32 Å². The van der Waals surface area contributed by atoms with E-state index in [4.69, 9.17) is 11.6 Å². The lowest BCUT2D eigenvalue weighted by molar-refractivity contribution is 0.102. The molecule has 0 saturated carbocycles. The Kier molecular flexibility index (Phi) is 4.40. The van der Waals surface area contributed by atoms with Gasteiger partial charge in [0.05, 0.1) is 5.56 Å². The highest BCUT2D eigenvalue weighted by Crippen LogP contribution is 2.24. The molecular formula is C16H15ClFNO. The molecule has 2 rings (SSSR count). The predicted molar refractivity (Wildman–Crippen MR) is 79.9 cm³/mol. The van der Waals surface area contributed by atoms with Crippen molar-refractivity contribution in [1.82, 2.24) is 0 Å². The lowest BCUT2D eigenvalue weighted by Gasteiger charge is -2.13. The number of hydrogen-bond donors (Lipinski definition) is 1. The van der Waals surface area contributed by atoms with Crippen LogP contribution < -0.4 is 5.32 Å². The summed E-state index contributed by atoms with van der Waals surface area (Å²) in [5.41, 5.74) is 1.69. The van der Waals surface area contributed by atoms with Crippen LogP contribution in [-0.2, 0) is 0 Å². The van der Waals surface area contributed by atoms with E-state index in [1.807, 2.05) is 32.0 Å². The van der Waals surface area contributed by atoms with E-state index >= 15 is 0 Å². The zero-order chi connectivity index (χ0) is 14.7. The summed E-state index contributed by atoms with van der Waals surface area (Å²) in [6, 6.07) is 11.5. The summed E-state index contributed by atoms with van der Waals surface area (Å²) in [4.78, 5) is 12.1. The van der Waals surface area contributed by atoms with Gasteiger partial charge in [-0.05, 0) is 35.7 Å². The fourth-order valence-corrected chi connectivity index (χ4v) is 2.14. The highest BCUT2D eigenvalue weighted by Gasteiger charge is 2.14. The van der Waals surface area contributed by atoms with Crippen molar-refractivity contribution in [2.75, 3.05) is 5.32 Å². The standard InChI is InChI=1S/C16H15ClFNO/c1-10(2)12-5-3-4-6-15(12)19-16(20)13-8-7-11(17)9-14(13)18/h3-10H,1-2H3,(H,19,20). The Morgan fingerprint density at radius 1 is 1.20 bits per heavy atom. The Hall–Kier alpha value is -1.87. The second kappa shape index (κ2) is 6.06. The van der Waals surface area contributed by atoms with E-state index in [0.29, 0.717) is 5.69 Å². The first kappa shape index (κ1) is 14.5. The third-order valence-corrected chi connectivity index (χ3v) is 3.24. The molecule has 0 aromatic heterocycles. The average molecular weight is 292 g/mol. The molecule has 0 atom stereocenters. The topological polar surface area (TPSA) is 29.1 Å². The first-order valence-electron chi connectivity index (χ1n) is 6.34. The zero-order valence-corrected chi connectivity index (χ0v) is 12.0. The monoisotopic (exact) mass is 291 g/mol. The van der Waals surface area contributed by atoms with E-state index in [1.54, 1.807) is 6.07 Å². The van der Waals surface area contributed by atoms with Crippen molar-refractivity contribution in [3.05, 3.63) is 64.4 Å². The van der Waals surface area contributed by atoms with Crippen molar-refractivity contribution < 1.29 is 9.18 Å². The Morgan fingerprint density at radius 3 is 2.55 bits per heavy atom. The number of carbonyl (C=O) groups is 1. The molecule has 0 heterocycles. The molecule has 0 bridgehead atoms. The van der Waals surface area contributed by atoms with Gasteiger partial charge in [0.1, 0.15) is 5.82 Å². The van der Waals surface area contributed by atoms with Crippen LogP contribution >= 0.6 is 11.6 Å². The number of amides is 1. The Balaban J connectivity index is 2.28. The van der Waals surface area contributed by atoms with Gasteiger partial charge in [0.25, 0.3) is 5.91 Å². The van der Waals surface area contributed by atoms with Crippen LogP contribution in [0.15, 0.2) is 42.5 Å². The van der Waals surface area contributed by atoms with E-state index in [9.17, 15) is 9.18 Å². The van der Waals surface area contributed by atoms with Crippen LogP contribution in [0.1, 0.15) is 35.7 Å². The third-order valence-electron chi connectivity index (χ3n) is 3.01. The Bertz CT molecular complexity index is 640. The first-order valence-corrected chi connectivity index (χ1v) is 6.72. The number of anilines is 1. The molecule has 4 heteroatoms. The molecule has 1 N–H and O–H groups in total. The Labute approximate surface area is 122 Å². The summed E-state index contributed by atoms with van der Waals surface area (Å²) in [6.45, 7) is 4.07. The van der Waals surface area contributed by atoms with Crippen molar-refractivity contribution >= 4 is 23.2 Å². The molecule has 0 saturated heterocycles. The minimum Gasteiger partial charge on any atom is -0.322 e. The minimum absolute atomic E-state index is 0.0204. The lowest BCUT2D eigenvalue weighted by atomic mass is 10.0. The summed E-state index contributed by atoms with van der Waals surface area (Å²) >= 11 is 5.68.